The zero-order valence-corrected chi connectivity index (χ0v) is 13.6. The third kappa shape index (κ3) is 5.19. The molecule has 24 heavy (non-hydrogen) atoms. The van der Waals surface area contributed by atoms with Gasteiger partial charge in [0.1, 0.15) is 11.6 Å². The molecule has 0 spiro atoms. The number of hydrogen-bond donors (Lipinski definition) is 2. The van der Waals surface area contributed by atoms with Crippen LogP contribution in [-0.2, 0) is 13.1 Å². The van der Waals surface area contributed by atoms with Crippen LogP contribution in [0.5, 0.6) is 5.88 Å². The minimum Gasteiger partial charge on any atom is -0.478 e. The summed E-state index contributed by atoms with van der Waals surface area (Å²) in [5.74, 6) is 0.0984. The lowest BCUT2D eigenvalue weighted by Crippen LogP contribution is -2.36. The Morgan fingerprint density at radius 1 is 1.17 bits per heavy atom. The number of benzene rings is 1. The van der Waals surface area contributed by atoms with Gasteiger partial charge in [-0.25, -0.2) is 13.8 Å². The van der Waals surface area contributed by atoms with Gasteiger partial charge in [0.15, 0.2) is 5.96 Å². The number of hydrogen-bond acceptors (Lipinski definition) is 3. The summed E-state index contributed by atoms with van der Waals surface area (Å²) in [5.41, 5.74) is 1.20. The van der Waals surface area contributed by atoms with E-state index in [1.165, 1.54) is 0 Å². The van der Waals surface area contributed by atoms with Gasteiger partial charge in [-0.1, -0.05) is 0 Å². The highest BCUT2D eigenvalue weighted by Crippen LogP contribution is 2.10. The van der Waals surface area contributed by atoms with Gasteiger partial charge in [0.25, 0.3) is 0 Å². The van der Waals surface area contributed by atoms with Crippen LogP contribution in [0.3, 0.4) is 0 Å². The largest absolute Gasteiger partial charge is 0.478 e. The van der Waals surface area contributed by atoms with Crippen molar-refractivity contribution in [2.24, 2.45) is 4.99 Å². The van der Waals surface area contributed by atoms with Crippen LogP contribution in [0.2, 0.25) is 0 Å². The summed E-state index contributed by atoms with van der Waals surface area (Å²) in [4.78, 5) is 8.16. The third-order valence-corrected chi connectivity index (χ3v) is 3.23. The zero-order chi connectivity index (χ0) is 17.4. The molecule has 0 radical (unpaired) electrons. The van der Waals surface area contributed by atoms with E-state index < -0.39 is 11.6 Å². The van der Waals surface area contributed by atoms with Gasteiger partial charge in [0, 0.05) is 38.0 Å². The number of aromatic nitrogens is 1. The second-order valence-corrected chi connectivity index (χ2v) is 4.95. The smallest absolute Gasteiger partial charge is 0.213 e. The molecule has 7 heteroatoms. The van der Waals surface area contributed by atoms with Crippen LogP contribution in [0.25, 0.3) is 0 Å². The van der Waals surface area contributed by atoms with Crippen molar-refractivity contribution in [1.82, 2.24) is 15.6 Å². The summed E-state index contributed by atoms with van der Waals surface area (Å²) in [5, 5.41) is 6.05. The molecule has 0 aliphatic carbocycles. The first-order chi connectivity index (χ1) is 11.6. The Morgan fingerprint density at radius 2 is 1.96 bits per heavy atom. The molecule has 1 aromatic heterocycles. The van der Waals surface area contributed by atoms with Gasteiger partial charge in [-0.05, 0) is 36.8 Å². The quantitative estimate of drug-likeness (QED) is 0.630. The number of nitrogens with zero attached hydrogens (tertiary/aromatic N) is 2. The Morgan fingerprint density at radius 3 is 2.71 bits per heavy atom. The number of nitrogens with one attached hydrogen (secondary N) is 2. The molecule has 5 nitrogen and oxygen atoms in total. The molecule has 0 aliphatic heterocycles. The van der Waals surface area contributed by atoms with Gasteiger partial charge in [0.2, 0.25) is 5.88 Å². The van der Waals surface area contributed by atoms with E-state index in [2.05, 4.69) is 20.6 Å². The monoisotopic (exact) mass is 334 g/mol. The summed E-state index contributed by atoms with van der Waals surface area (Å²) in [6, 6.07) is 7.04. The fourth-order valence-corrected chi connectivity index (χ4v) is 2.05. The molecule has 2 rings (SSSR count). The van der Waals surface area contributed by atoms with E-state index in [9.17, 15) is 8.78 Å². The molecule has 2 N–H and O–H groups in total. The van der Waals surface area contributed by atoms with Crippen molar-refractivity contribution in [3.63, 3.8) is 0 Å². The van der Waals surface area contributed by atoms with Crippen LogP contribution in [0.4, 0.5) is 8.78 Å². The van der Waals surface area contributed by atoms with Gasteiger partial charge in [-0.2, -0.15) is 0 Å². The Balaban J connectivity index is 1.91. The van der Waals surface area contributed by atoms with Crippen molar-refractivity contribution in [1.29, 1.82) is 0 Å². The van der Waals surface area contributed by atoms with Crippen LogP contribution < -0.4 is 15.4 Å². The first-order valence-electron chi connectivity index (χ1n) is 7.58. The second kappa shape index (κ2) is 8.81. The Hall–Kier alpha value is -2.70. The third-order valence-electron chi connectivity index (χ3n) is 3.23. The first kappa shape index (κ1) is 17.7. The molecule has 128 valence electrons. The molecule has 0 bridgehead atoms. The average Bonchev–Trinajstić information content (AvgIpc) is 2.58. The van der Waals surface area contributed by atoms with E-state index in [1.807, 2.05) is 19.1 Å². The van der Waals surface area contributed by atoms with Crippen LogP contribution in [-0.4, -0.2) is 24.6 Å². The number of pyridine rings is 1. The lowest BCUT2D eigenvalue weighted by Gasteiger charge is -2.13. The minimum atomic E-state index is -0.476. The maximum Gasteiger partial charge on any atom is 0.213 e. The maximum atomic E-state index is 13.6. The number of halogens is 2. The van der Waals surface area contributed by atoms with Crippen molar-refractivity contribution in [3.8, 4) is 5.88 Å². The second-order valence-electron chi connectivity index (χ2n) is 4.95. The maximum absolute atomic E-state index is 13.6. The van der Waals surface area contributed by atoms with Crippen molar-refractivity contribution >= 4 is 5.96 Å². The molecule has 0 unspecified atom stereocenters. The molecule has 0 saturated carbocycles. The molecule has 1 heterocycles. The predicted octanol–water partition coefficient (Wildman–Crippen LogP) is 2.62. The number of rotatable bonds is 6. The molecule has 0 saturated heterocycles. The standard InChI is InChI=1S/C17H20F2N4O/c1-3-24-16-8-12(6-7-21-16)10-22-17(20-2)23-11-13-9-14(18)4-5-15(13)19/h4-9H,3,10-11H2,1-2H3,(H2,20,22,23). The fourth-order valence-electron chi connectivity index (χ4n) is 2.05. The van der Waals surface area contributed by atoms with Gasteiger partial charge in [0.05, 0.1) is 6.61 Å². The number of ether oxygens (including phenoxy) is 1. The van der Waals surface area contributed by atoms with E-state index in [1.54, 1.807) is 13.2 Å². The van der Waals surface area contributed by atoms with Gasteiger partial charge in [-0.15, -0.1) is 0 Å². The molecule has 1 aromatic carbocycles. The molecule has 0 aliphatic rings. The highest BCUT2D eigenvalue weighted by Gasteiger charge is 2.05. The van der Waals surface area contributed by atoms with Crippen molar-refractivity contribution in [2.45, 2.75) is 20.0 Å². The topological polar surface area (TPSA) is 58.5 Å². The van der Waals surface area contributed by atoms with E-state index >= 15 is 0 Å². The summed E-state index contributed by atoms with van der Waals surface area (Å²) in [6.45, 7) is 3.06. The minimum absolute atomic E-state index is 0.129. The highest BCUT2D eigenvalue weighted by molar-refractivity contribution is 5.79. The normalized spacial score (nSPS) is 11.2. The molecular weight excluding hydrogens is 314 g/mol. The van der Waals surface area contributed by atoms with E-state index in [0.717, 1.165) is 23.8 Å². The van der Waals surface area contributed by atoms with Crippen molar-refractivity contribution < 1.29 is 13.5 Å². The van der Waals surface area contributed by atoms with E-state index in [-0.39, 0.29) is 12.1 Å². The summed E-state index contributed by atoms with van der Waals surface area (Å²) in [6.07, 6.45) is 1.67. The molecule has 2 aromatic rings. The first-order valence-corrected chi connectivity index (χ1v) is 7.58. The van der Waals surface area contributed by atoms with Crippen molar-refractivity contribution in [2.75, 3.05) is 13.7 Å². The van der Waals surface area contributed by atoms with Crippen molar-refractivity contribution in [3.05, 3.63) is 59.3 Å². The van der Waals surface area contributed by atoms with Crippen LogP contribution in [0.1, 0.15) is 18.1 Å². The van der Waals surface area contributed by atoms with Gasteiger partial charge >= 0.3 is 0 Å². The molecule has 0 fully saturated rings. The lowest BCUT2D eigenvalue weighted by molar-refractivity contribution is 0.326. The molecule has 0 atom stereocenters. The summed E-state index contributed by atoms with van der Waals surface area (Å²) >= 11 is 0. The fraction of sp³-hybridized carbons (Fsp3) is 0.294. The average molecular weight is 334 g/mol. The van der Waals surface area contributed by atoms with Crippen LogP contribution >= 0.6 is 0 Å². The highest BCUT2D eigenvalue weighted by atomic mass is 19.1. The molecular formula is C17H20F2N4O. The Kier molecular flexibility index (Phi) is 6.48. The predicted molar refractivity (Wildman–Crippen MR) is 88.8 cm³/mol. The Bertz CT molecular complexity index is 707. The SMILES string of the molecule is CCOc1cc(CNC(=NC)NCc2cc(F)ccc2F)ccn1. The van der Waals surface area contributed by atoms with E-state index in [4.69, 9.17) is 4.74 Å². The number of guanidine groups is 1. The van der Waals surface area contributed by atoms with Crippen LogP contribution in [0.15, 0.2) is 41.5 Å². The molecule has 0 amide bonds. The lowest BCUT2D eigenvalue weighted by atomic mass is 10.2. The summed E-state index contributed by atoms with van der Waals surface area (Å²) < 4.78 is 32.1. The van der Waals surface area contributed by atoms with Crippen LogP contribution in [0, 0.1) is 11.6 Å². The van der Waals surface area contributed by atoms with Gasteiger partial charge in [-0.3, -0.25) is 4.99 Å². The zero-order valence-electron chi connectivity index (χ0n) is 13.6. The number of aliphatic imine (C=N–C) groups is 1. The van der Waals surface area contributed by atoms with E-state index in [0.29, 0.717) is 25.0 Å². The Labute approximate surface area is 139 Å². The summed E-state index contributed by atoms with van der Waals surface area (Å²) in [7, 11) is 1.61. The van der Waals surface area contributed by atoms with Gasteiger partial charge < -0.3 is 15.4 Å².